The third kappa shape index (κ3) is 1.52. The summed E-state index contributed by atoms with van der Waals surface area (Å²) in [6.07, 6.45) is 2.44. The molecule has 78 valence electrons. The molecule has 0 bridgehead atoms. The number of hydrogen-bond donors (Lipinski definition) is 1. The molecule has 0 saturated heterocycles. The fourth-order valence-corrected chi connectivity index (χ4v) is 1.74. The minimum absolute atomic E-state index is 0.644. The number of H-pyrrole nitrogens is 1. The number of rotatable bonds is 2. The van der Waals surface area contributed by atoms with Crippen molar-refractivity contribution < 1.29 is 0 Å². The molecule has 0 aliphatic carbocycles. The zero-order valence-corrected chi connectivity index (χ0v) is 8.46. The van der Waals surface area contributed by atoms with Crippen molar-refractivity contribution >= 4 is 10.9 Å². The number of pyridine rings is 1. The van der Waals surface area contributed by atoms with Gasteiger partial charge < -0.3 is 0 Å². The van der Waals surface area contributed by atoms with E-state index in [0.29, 0.717) is 12.2 Å². The van der Waals surface area contributed by atoms with Crippen LogP contribution in [0.5, 0.6) is 0 Å². The Morgan fingerprint density at radius 3 is 2.94 bits per heavy atom. The van der Waals surface area contributed by atoms with Gasteiger partial charge in [0.25, 0.3) is 0 Å². The molecule has 0 aliphatic heterocycles. The van der Waals surface area contributed by atoms with Crippen LogP contribution in [0.15, 0.2) is 36.5 Å². The number of hydrogen-bond acceptors (Lipinski definition) is 4. The van der Waals surface area contributed by atoms with E-state index >= 15 is 0 Å². The van der Waals surface area contributed by atoms with Gasteiger partial charge in [-0.15, -0.1) is 10.2 Å². The van der Waals surface area contributed by atoms with Crippen molar-refractivity contribution in [1.82, 2.24) is 25.6 Å². The summed E-state index contributed by atoms with van der Waals surface area (Å²) in [5.41, 5.74) is 2.11. The van der Waals surface area contributed by atoms with E-state index in [1.807, 2.05) is 30.3 Å². The molecule has 5 heteroatoms. The van der Waals surface area contributed by atoms with Gasteiger partial charge >= 0.3 is 0 Å². The van der Waals surface area contributed by atoms with Gasteiger partial charge in [0.2, 0.25) is 0 Å². The number of benzene rings is 1. The number of nitrogens with zero attached hydrogens (tertiary/aromatic N) is 4. The predicted octanol–water partition coefficient (Wildman–Crippen LogP) is 1.34. The molecule has 1 aromatic carbocycles. The Labute approximate surface area is 91.5 Å². The first-order chi connectivity index (χ1) is 7.93. The van der Waals surface area contributed by atoms with E-state index in [1.54, 1.807) is 6.20 Å². The number of aromatic amines is 1. The topological polar surface area (TPSA) is 67.3 Å². The molecule has 0 aliphatic rings. The fraction of sp³-hybridized carbons (Fsp3) is 0.0909. The van der Waals surface area contributed by atoms with Gasteiger partial charge in [-0.3, -0.25) is 4.98 Å². The van der Waals surface area contributed by atoms with Crippen molar-refractivity contribution in [2.75, 3.05) is 0 Å². The second-order valence-corrected chi connectivity index (χ2v) is 3.50. The molecule has 3 aromatic rings. The second-order valence-electron chi connectivity index (χ2n) is 3.50. The molecule has 16 heavy (non-hydrogen) atoms. The van der Waals surface area contributed by atoms with Crippen molar-refractivity contribution in [2.45, 2.75) is 6.42 Å². The van der Waals surface area contributed by atoms with E-state index in [4.69, 9.17) is 0 Å². The zero-order valence-electron chi connectivity index (χ0n) is 8.46. The first kappa shape index (κ1) is 8.96. The Bertz CT molecular complexity index is 597. The van der Waals surface area contributed by atoms with Crippen molar-refractivity contribution in [3.8, 4) is 0 Å². The third-order valence-electron chi connectivity index (χ3n) is 2.45. The lowest BCUT2D eigenvalue weighted by atomic mass is 10.1. The molecule has 3 rings (SSSR count). The van der Waals surface area contributed by atoms with E-state index in [-0.39, 0.29) is 0 Å². The standard InChI is InChI=1S/C11H9N5/c1-3-8-5-2-6-12-11(8)9(4-1)7-10-13-15-16-14-10/h1-6H,7H2,(H,13,14,15,16). The number of tetrazole rings is 1. The van der Waals surface area contributed by atoms with Crippen molar-refractivity contribution in [3.63, 3.8) is 0 Å². The lowest BCUT2D eigenvalue weighted by molar-refractivity contribution is 0.881. The van der Waals surface area contributed by atoms with Crippen molar-refractivity contribution in [3.05, 3.63) is 47.9 Å². The highest BCUT2D eigenvalue weighted by Crippen LogP contribution is 2.17. The van der Waals surface area contributed by atoms with E-state index in [9.17, 15) is 0 Å². The van der Waals surface area contributed by atoms with Crippen LogP contribution < -0.4 is 0 Å². The Morgan fingerprint density at radius 1 is 1.12 bits per heavy atom. The highest BCUT2D eigenvalue weighted by molar-refractivity contribution is 5.81. The fourth-order valence-electron chi connectivity index (χ4n) is 1.74. The summed E-state index contributed by atoms with van der Waals surface area (Å²) in [4.78, 5) is 4.38. The molecular weight excluding hydrogens is 202 g/mol. The third-order valence-corrected chi connectivity index (χ3v) is 2.45. The predicted molar refractivity (Wildman–Crippen MR) is 58.7 cm³/mol. The van der Waals surface area contributed by atoms with E-state index in [0.717, 1.165) is 16.5 Å². The highest BCUT2D eigenvalue weighted by atomic mass is 15.5. The highest BCUT2D eigenvalue weighted by Gasteiger charge is 2.05. The van der Waals surface area contributed by atoms with E-state index in [2.05, 4.69) is 25.6 Å². The lowest BCUT2D eigenvalue weighted by Gasteiger charge is -2.02. The molecule has 0 spiro atoms. The van der Waals surface area contributed by atoms with Gasteiger partial charge in [-0.05, 0) is 11.6 Å². The second kappa shape index (κ2) is 3.69. The van der Waals surface area contributed by atoms with Gasteiger partial charge in [-0.1, -0.05) is 29.5 Å². The van der Waals surface area contributed by atoms with Gasteiger partial charge in [0.05, 0.1) is 5.52 Å². The smallest absolute Gasteiger partial charge is 0.178 e. The Kier molecular flexibility index (Phi) is 2.07. The summed E-state index contributed by atoms with van der Waals surface area (Å²) in [6.45, 7) is 0. The van der Waals surface area contributed by atoms with Crippen LogP contribution in [0.2, 0.25) is 0 Å². The number of fused-ring (bicyclic) bond motifs is 1. The van der Waals surface area contributed by atoms with Gasteiger partial charge in [0.15, 0.2) is 5.82 Å². The summed E-state index contributed by atoms with van der Waals surface area (Å²) < 4.78 is 0. The number of aromatic nitrogens is 5. The van der Waals surface area contributed by atoms with E-state index in [1.165, 1.54) is 0 Å². The van der Waals surface area contributed by atoms with Crippen LogP contribution in [0.4, 0.5) is 0 Å². The van der Waals surface area contributed by atoms with Crippen LogP contribution in [0.25, 0.3) is 10.9 Å². The molecular formula is C11H9N5. The average molecular weight is 211 g/mol. The Hall–Kier alpha value is -2.30. The van der Waals surface area contributed by atoms with Gasteiger partial charge in [0, 0.05) is 18.0 Å². The quantitative estimate of drug-likeness (QED) is 0.694. The molecule has 0 unspecified atom stereocenters. The largest absolute Gasteiger partial charge is 0.256 e. The van der Waals surface area contributed by atoms with Crippen LogP contribution in [-0.4, -0.2) is 25.6 Å². The monoisotopic (exact) mass is 211 g/mol. The minimum atomic E-state index is 0.644. The van der Waals surface area contributed by atoms with Crippen molar-refractivity contribution in [1.29, 1.82) is 0 Å². The number of nitrogens with one attached hydrogen (secondary N) is 1. The van der Waals surface area contributed by atoms with Crippen LogP contribution in [0.1, 0.15) is 11.4 Å². The molecule has 1 N–H and O–H groups in total. The molecule has 2 aromatic heterocycles. The minimum Gasteiger partial charge on any atom is -0.256 e. The van der Waals surface area contributed by atoms with Gasteiger partial charge in [-0.2, -0.15) is 5.21 Å². The summed E-state index contributed by atoms with van der Waals surface area (Å²) >= 11 is 0. The molecule has 0 atom stereocenters. The van der Waals surface area contributed by atoms with Crippen LogP contribution >= 0.6 is 0 Å². The SMILES string of the molecule is c1cnc2c(Cc3nn[nH]n3)cccc2c1. The molecule has 0 saturated carbocycles. The summed E-state index contributed by atoms with van der Waals surface area (Å²) in [6, 6.07) is 10.1. The van der Waals surface area contributed by atoms with Crippen LogP contribution in [-0.2, 0) is 6.42 Å². The maximum atomic E-state index is 4.38. The molecule has 0 fully saturated rings. The van der Waals surface area contributed by atoms with Crippen molar-refractivity contribution in [2.24, 2.45) is 0 Å². The number of para-hydroxylation sites is 1. The van der Waals surface area contributed by atoms with Crippen LogP contribution in [0.3, 0.4) is 0 Å². The maximum absolute atomic E-state index is 4.38. The van der Waals surface area contributed by atoms with Crippen LogP contribution in [0, 0.1) is 0 Å². The Morgan fingerprint density at radius 2 is 2.06 bits per heavy atom. The summed E-state index contributed by atoms with van der Waals surface area (Å²) in [5, 5.41) is 15.0. The zero-order chi connectivity index (χ0) is 10.8. The lowest BCUT2D eigenvalue weighted by Crippen LogP contribution is -1.93. The first-order valence-corrected chi connectivity index (χ1v) is 4.98. The van der Waals surface area contributed by atoms with Gasteiger partial charge in [-0.25, -0.2) is 0 Å². The average Bonchev–Trinajstić information content (AvgIpc) is 2.82. The molecule has 5 nitrogen and oxygen atoms in total. The summed E-state index contributed by atoms with van der Waals surface area (Å²) in [5.74, 6) is 0.679. The Balaban J connectivity index is 2.10. The molecule has 0 radical (unpaired) electrons. The molecule has 0 amide bonds. The first-order valence-electron chi connectivity index (χ1n) is 4.98. The summed E-state index contributed by atoms with van der Waals surface area (Å²) in [7, 11) is 0. The van der Waals surface area contributed by atoms with Gasteiger partial charge in [0.1, 0.15) is 0 Å². The normalized spacial score (nSPS) is 10.8. The molecule has 2 heterocycles. The van der Waals surface area contributed by atoms with E-state index < -0.39 is 0 Å². The maximum Gasteiger partial charge on any atom is 0.178 e.